The number of oxime groups is 1. The number of nitrogens with zero attached hydrogens (tertiary/aromatic N) is 3. The Morgan fingerprint density at radius 3 is 2.44 bits per heavy atom. The second-order valence-electron chi connectivity index (χ2n) is 17.0. The van der Waals surface area contributed by atoms with Crippen LogP contribution < -0.4 is 24.3 Å². The number of fused-ring (bicyclic) bond motifs is 3. The van der Waals surface area contributed by atoms with Crippen LogP contribution >= 0.6 is 0 Å². The number of unbranched alkanes of at least 4 members (excludes halogenated alkanes) is 2. The van der Waals surface area contributed by atoms with Crippen molar-refractivity contribution < 1.29 is 48.3 Å². The van der Waals surface area contributed by atoms with Gasteiger partial charge in [-0.05, 0) is 109 Å². The van der Waals surface area contributed by atoms with Crippen molar-refractivity contribution in [3.05, 3.63) is 143 Å². The van der Waals surface area contributed by atoms with Crippen LogP contribution in [0.2, 0.25) is 0 Å². The molecule has 0 aromatic heterocycles. The first-order valence-electron chi connectivity index (χ1n) is 22.6. The summed E-state index contributed by atoms with van der Waals surface area (Å²) in [7, 11) is 1.50. The van der Waals surface area contributed by atoms with Crippen molar-refractivity contribution in [3.63, 3.8) is 0 Å². The van der Waals surface area contributed by atoms with Gasteiger partial charge in [-0.15, -0.1) is 6.58 Å². The average Bonchev–Trinajstić information content (AvgIpc) is 3.82. The fourth-order valence-electron chi connectivity index (χ4n) is 10.1. The molecule has 0 radical (unpaired) electrons. The van der Waals surface area contributed by atoms with Crippen molar-refractivity contribution >= 4 is 17.7 Å². The molecule has 8 rings (SSSR count). The summed E-state index contributed by atoms with van der Waals surface area (Å²) in [5.74, 6) is -0.899. The monoisotopic (exact) mass is 896 g/mol. The zero-order valence-electron chi connectivity index (χ0n) is 37.1. The molecule has 2 amide bonds. The van der Waals surface area contributed by atoms with Crippen LogP contribution in [0.15, 0.2) is 120 Å². The van der Waals surface area contributed by atoms with E-state index in [1.807, 2.05) is 54.6 Å². The Hall–Kier alpha value is -6.66. The summed E-state index contributed by atoms with van der Waals surface area (Å²) in [5, 5.41) is 37.1. The van der Waals surface area contributed by atoms with Crippen molar-refractivity contribution in [2.45, 2.75) is 75.8 Å². The van der Waals surface area contributed by atoms with Gasteiger partial charge >= 0.3 is 6.09 Å². The molecule has 0 bridgehead atoms. The van der Waals surface area contributed by atoms with Crippen molar-refractivity contribution in [1.29, 1.82) is 5.26 Å². The number of benzene rings is 4. The number of carbonyl (C=O) groups excluding carboxylic acids is 2. The second kappa shape index (κ2) is 21.1. The van der Waals surface area contributed by atoms with E-state index in [1.165, 1.54) is 7.11 Å². The summed E-state index contributed by atoms with van der Waals surface area (Å²) in [4.78, 5) is 36.0. The average molecular weight is 897 g/mol. The lowest BCUT2D eigenvalue weighted by Crippen LogP contribution is -2.70. The van der Waals surface area contributed by atoms with Gasteiger partial charge in [0.05, 0.1) is 29.9 Å². The molecule has 4 aromatic rings. The molecule has 344 valence electrons. The molecule has 2 aliphatic carbocycles. The van der Waals surface area contributed by atoms with Crippen LogP contribution in [-0.2, 0) is 22.7 Å². The van der Waals surface area contributed by atoms with Gasteiger partial charge in [-0.1, -0.05) is 66.5 Å². The zero-order chi connectivity index (χ0) is 46.0. The number of carbonyl (C=O) groups is 2. The number of nitrogens with one attached hydrogen (secondary N) is 1. The Bertz CT molecular complexity index is 2470. The minimum Gasteiger partial charge on any atom is -0.459 e. The third kappa shape index (κ3) is 9.65. The van der Waals surface area contributed by atoms with Gasteiger partial charge < -0.3 is 49.0 Å². The smallest absolute Gasteiger partial charge is 0.412 e. The molecule has 2 heterocycles. The summed E-state index contributed by atoms with van der Waals surface area (Å²) in [6.45, 7) is 4.67. The van der Waals surface area contributed by atoms with E-state index in [1.54, 1.807) is 47.4 Å². The third-order valence-electron chi connectivity index (χ3n) is 13.0. The van der Waals surface area contributed by atoms with Gasteiger partial charge in [0.1, 0.15) is 24.7 Å². The highest BCUT2D eigenvalue weighted by atomic mass is 16.7. The van der Waals surface area contributed by atoms with Gasteiger partial charge in [0.15, 0.2) is 11.5 Å². The first-order chi connectivity index (χ1) is 32.3. The number of allylic oxidation sites excluding steroid dienone is 1. The van der Waals surface area contributed by atoms with E-state index in [-0.39, 0.29) is 69.8 Å². The minimum atomic E-state index is -1.55. The Morgan fingerprint density at radius 1 is 0.939 bits per heavy atom. The summed E-state index contributed by atoms with van der Waals surface area (Å²) in [5.41, 5.74) is 4.75. The van der Waals surface area contributed by atoms with Gasteiger partial charge in [-0.3, -0.25) is 4.79 Å². The van der Waals surface area contributed by atoms with E-state index in [0.29, 0.717) is 52.7 Å². The van der Waals surface area contributed by atoms with E-state index in [2.05, 4.69) is 24.0 Å². The zero-order valence-corrected chi connectivity index (χ0v) is 37.1. The molecule has 0 spiro atoms. The fourth-order valence-corrected chi connectivity index (χ4v) is 10.1. The lowest BCUT2D eigenvalue weighted by molar-refractivity contribution is -0.255. The summed E-state index contributed by atoms with van der Waals surface area (Å²) < 4.78 is 31.9. The fraction of sp³-hybridized carbons (Fsp3) is 0.385. The molecule has 3 N–H and O–H groups in total. The van der Waals surface area contributed by atoms with Crippen LogP contribution in [0.3, 0.4) is 0 Å². The molecule has 14 heteroatoms. The number of amides is 2. The van der Waals surface area contributed by atoms with E-state index >= 15 is 4.79 Å². The van der Waals surface area contributed by atoms with Crippen molar-refractivity contribution in [3.8, 4) is 29.1 Å². The maximum atomic E-state index is 15.3. The van der Waals surface area contributed by atoms with Crippen LogP contribution in [0.5, 0.6) is 23.0 Å². The van der Waals surface area contributed by atoms with Gasteiger partial charge in [0.25, 0.3) is 5.91 Å². The quantitative estimate of drug-likeness (QED) is 0.0469. The molecule has 4 aromatic carbocycles. The molecule has 6 atom stereocenters. The molecular formula is C52H56N4O10. The van der Waals surface area contributed by atoms with E-state index in [9.17, 15) is 20.3 Å². The molecule has 1 saturated carbocycles. The van der Waals surface area contributed by atoms with Crippen molar-refractivity contribution in [2.75, 3.05) is 33.7 Å². The van der Waals surface area contributed by atoms with E-state index in [0.717, 1.165) is 47.9 Å². The number of aliphatic hydroxyl groups excluding tert-OH is 2. The van der Waals surface area contributed by atoms with E-state index in [4.69, 9.17) is 33.7 Å². The molecule has 4 aliphatic rings. The van der Waals surface area contributed by atoms with E-state index < -0.39 is 23.8 Å². The lowest BCUT2D eigenvalue weighted by Gasteiger charge is -2.60. The summed E-state index contributed by atoms with van der Waals surface area (Å²) in [6, 6.07) is 28.4. The first kappa shape index (κ1) is 45.9. The summed E-state index contributed by atoms with van der Waals surface area (Å²) in [6.07, 6.45) is 7.70. The van der Waals surface area contributed by atoms with Gasteiger partial charge in [-0.25, -0.2) is 4.79 Å². The number of nitriles is 1. The molecular weight excluding hydrogens is 841 g/mol. The Morgan fingerprint density at radius 2 is 1.70 bits per heavy atom. The highest BCUT2D eigenvalue weighted by Gasteiger charge is 2.65. The van der Waals surface area contributed by atoms with Crippen molar-refractivity contribution in [2.24, 2.45) is 22.9 Å². The number of rotatable bonds is 19. The standard InChI is InChI=1S/C52H56N4O10/c1-3-25-64-52-47(56(50(59)37-18-15-34(30-53)16-19-37)32-36-17-21-45-46(26-36)63-33-62-45)29-43(55-61-2)41-27-38(13-7-9-23-57)40(14-8-10-24-58)48(49(41)52)42-28-39(20-22-44(42)66-52)65-51(60)54-31-35-11-5-4-6-12-35/h3-6,11-12,15-22,26-28,38,40,47-49,57-58H,1,7-10,13-14,23-25,29,31-33H2,2H3,(H,54,60). The van der Waals surface area contributed by atoms with Crippen molar-refractivity contribution in [1.82, 2.24) is 10.2 Å². The van der Waals surface area contributed by atoms with Crippen LogP contribution in [0.25, 0.3) is 0 Å². The van der Waals surface area contributed by atoms with Crippen LogP contribution in [-0.4, -0.2) is 78.4 Å². The van der Waals surface area contributed by atoms with Gasteiger partial charge in [-0.2, -0.15) is 5.26 Å². The second-order valence-corrected chi connectivity index (χ2v) is 17.0. The minimum absolute atomic E-state index is 0.00286. The molecule has 0 saturated heterocycles. The molecule has 2 aliphatic heterocycles. The number of ether oxygens (including phenoxy) is 5. The Kier molecular flexibility index (Phi) is 14.7. The summed E-state index contributed by atoms with van der Waals surface area (Å²) >= 11 is 0. The molecule has 6 unspecified atom stereocenters. The van der Waals surface area contributed by atoms with Gasteiger partial charge in [0, 0.05) is 49.8 Å². The maximum absolute atomic E-state index is 15.3. The predicted molar refractivity (Wildman–Crippen MR) is 245 cm³/mol. The topological polar surface area (TPSA) is 181 Å². The molecule has 14 nitrogen and oxygen atoms in total. The lowest BCUT2D eigenvalue weighted by atomic mass is 9.55. The Labute approximate surface area is 385 Å². The number of hydrogen-bond acceptors (Lipinski definition) is 12. The highest BCUT2D eigenvalue weighted by molar-refractivity contribution is 6.03. The number of hydrogen-bond donors (Lipinski definition) is 3. The molecule has 1 fully saturated rings. The van der Waals surface area contributed by atoms with Crippen LogP contribution in [0, 0.1) is 29.1 Å². The first-order valence-corrected chi connectivity index (χ1v) is 22.6. The number of aliphatic hydroxyl groups is 2. The van der Waals surface area contributed by atoms with Crippen LogP contribution in [0.1, 0.15) is 83.5 Å². The van der Waals surface area contributed by atoms with Crippen LogP contribution in [0.4, 0.5) is 4.79 Å². The highest BCUT2D eigenvalue weighted by Crippen LogP contribution is 2.62. The molecule has 66 heavy (non-hydrogen) atoms. The van der Waals surface area contributed by atoms with Gasteiger partial charge in [0.2, 0.25) is 12.6 Å². The third-order valence-corrected chi connectivity index (χ3v) is 13.0. The normalized spacial score (nSPS) is 22.7. The SMILES string of the molecule is C=CCOC12Oc3ccc(OC(=O)NCc4ccccc4)cc3C3C(CCCCO)C(CCCCO)C=C(C(=NOC)CC1N(Cc1ccc4c(c1)OCO4)C(=O)c1ccc(C#N)cc1)C32. The Balaban J connectivity index is 1.30. The maximum Gasteiger partial charge on any atom is 0.412 e. The predicted octanol–water partition coefficient (Wildman–Crippen LogP) is 8.18. The largest absolute Gasteiger partial charge is 0.459 e.